The van der Waals surface area contributed by atoms with Crippen molar-refractivity contribution < 1.29 is 4.74 Å². The first-order valence-electron chi connectivity index (χ1n) is 5.99. The van der Waals surface area contributed by atoms with Gasteiger partial charge in [0.1, 0.15) is 6.61 Å². The summed E-state index contributed by atoms with van der Waals surface area (Å²) in [4.78, 5) is 0. The van der Waals surface area contributed by atoms with Gasteiger partial charge in [0.2, 0.25) is 0 Å². The minimum atomic E-state index is 0.618. The predicted octanol–water partition coefficient (Wildman–Crippen LogP) is 3.63. The van der Waals surface area contributed by atoms with Gasteiger partial charge in [-0.2, -0.15) is 0 Å². The molecule has 0 aromatic carbocycles. The molecule has 1 aliphatic carbocycles. The maximum atomic E-state index is 5.15. The number of hydrogen-bond donors (Lipinski definition) is 0. The minimum Gasteiger partial charge on any atom is -0.369 e. The molecule has 0 unspecified atom stereocenters. The Hall–Kier alpha value is -0.480. The van der Waals surface area contributed by atoms with Crippen LogP contribution in [0.1, 0.15) is 52.9 Å². The first kappa shape index (κ1) is 13.5. The van der Waals surface area contributed by atoms with Gasteiger partial charge in [0, 0.05) is 12.5 Å². The van der Waals surface area contributed by atoms with Crippen molar-refractivity contribution in [3.63, 3.8) is 0 Å². The van der Waals surface area contributed by atoms with Crippen LogP contribution in [-0.2, 0) is 4.74 Å². The second-order valence-corrected chi connectivity index (χ2v) is 3.29. The smallest absolute Gasteiger partial charge is 0.107 e. The molecule has 0 amide bonds. The first-order valence-corrected chi connectivity index (χ1v) is 5.99. The SMILES string of the molecule is CC.CCOCC#CC1CCCCC1. The Balaban J connectivity index is 0.000000791. The maximum absolute atomic E-state index is 5.15. The van der Waals surface area contributed by atoms with Crippen LogP contribution in [0.3, 0.4) is 0 Å². The molecule has 0 radical (unpaired) electrons. The van der Waals surface area contributed by atoms with E-state index >= 15 is 0 Å². The quantitative estimate of drug-likeness (QED) is 0.484. The third-order valence-electron chi connectivity index (χ3n) is 2.29. The van der Waals surface area contributed by atoms with Crippen LogP contribution in [0.25, 0.3) is 0 Å². The number of rotatable bonds is 2. The van der Waals surface area contributed by atoms with Crippen LogP contribution >= 0.6 is 0 Å². The van der Waals surface area contributed by atoms with Crippen molar-refractivity contribution in [2.45, 2.75) is 52.9 Å². The fourth-order valence-electron chi connectivity index (χ4n) is 1.59. The maximum Gasteiger partial charge on any atom is 0.107 e. The Morgan fingerprint density at radius 1 is 1.14 bits per heavy atom. The van der Waals surface area contributed by atoms with Crippen molar-refractivity contribution in [1.29, 1.82) is 0 Å². The van der Waals surface area contributed by atoms with Gasteiger partial charge in [-0.3, -0.25) is 0 Å². The molecule has 14 heavy (non-hydrogen) atoms. The Labute approximate surface area is 89.2 Å². The predicted molar refractivity (Wildman–Crippen MR) is 62.2 cm³/mol. The van der Waals surface area contributed by atoms with Gasteiger partial charge in [0.05, 0.1) is 0 Å². The third-order valence-corrected chi connectivity index (χ3v) is 2.29. The Bertz CT molecular complexity index is 158. The average Bonchev–Trinajstić information content (AvgIpc) is 2.29. The highest BCUT2D eigenvalue weighted by Crippen LogP contribution is 2.22. The summed E-state index contributed by atoms with van der Waals surface area (Å²) in [7, 11) is 0. The summed E-state index contributed by atoms with van der Waals surface area (Å²) in [5.41, 5.74) is 0. The number of ether oxygens (including phenoxy) is 1. The molecule has 1 nitrogen and oxygen atoms in total. The zero-order valence-electron chi connectivity index (χ0n) is 9.94. The molecule has 0 aromatic heterocycles. The largest absolute Gasteiger partial charge is 0.369 e. The van der Waals surface area contributed by atoms with Gasteiger partial charge >= 0.3 is 0 Å². The van der Waals surface area contributed by atoms with E-state index in [0.717, 1.165) is 6.61 Å². The highest BCUT2D eigenvalue weighted by Gasteiger charge is 2.09. The van der Waals surface area contributed by atoms with Gasteiger partial charge in [0.25, 0.3) is 0 Å². The molecule has 0 bridgehead atoms. The standard InChI is InChI=1S/C11H18O.C2H6/c1-2-12-10-6-9-11-7-4-3-5-8-11;1-2/h11H,2-5,7-8,10H2,1H3;1-2H3. The van der Waals surface area contributed by atoms with Gasteiger partial charge in [-0.1, -0.05) is 45.0 Å². The zero-order chi connectivity index (χ0) is 10.6. The van der Waals surface area contributed by atoms with E-state index in [9.17, 15) is 0 Å². The minimum absolute atomic E-state index is 0.618. The monoisotopic (exact) mass is 196 g/mol. The molecule has 0 spiro atoms. The van der Waals surface area contributed by atoms with Crippen molar-refractivity contribution in [1.82, 2.24) is 0 Å². The molecular formula is C13H24O. The normalized spacial score (nSPS) is 16.2. The van der Waals surface area contributed by atoms with Crippen LogP contribution in [0.5, 0.6) is 0 Å². The molecule has 1 fully saturated rings. The van der Waals surface area contributed by atoms with Crippen LogP contribution in [0.15, 0.2) is 0 Å². The zero-order valence-corrected chi connectivity index (χ0v) is 9.94. The van der Waals surface area contributed by atoms with Gasteiger partial charge in [0.15, 0.2) is 0 Å². The van der Waals surface area contributed by atoms with Crippen molar-refractivity contribution in [2.24, 2.45) is 5.92 Å². The second kappa shape index (κ2) is 10.6. The van der Waals surface area contributed by atoms with Gasteiger partial charge < -0.3 is 4.74 Å². The fraction of sp³-hybridized carbons (Fsp3) is 0.846. The summed E-state index contributed by atoms with van der Waals surface area (Å²) in [5.74, 6) is 7.03. The van der Waals surface area contributed by atoms with E-state index in [1.165, 1.54) is 32.1 Å². The highest BCUT2D eigenvalue weighted by atomic mass is 16.5. The lowest BCUT2D eigenvalue weighted by Gasteiger charge is -2.15. The molecule has 0 heterocycles. The summed E-state index contributed by atoms with van der Waals surface area (Å²) < 4.78 is 5.15. The Morgan fingerprint density at radius 3 is 2.36 bits per heavy atom. The Kier molecular flexibility index (Phi) is 10.2. The molecule has 0 N–H and O–H groups in total. The lowest BCUT2D eigenvalue weighted by atomic mass is 9.90. The Morgan fingerprint density at radius 2 is 1.79 bits per heavy atom. The molecule has 82 valence electrons. The lowest BCUT2D eigenvalue weighted by molar-refractivity contribution is 0.182. The van der Waals surface area contributed by atoms with Crippen LogP contribution < -0.4 is 0 Å². The average molecular weight is 196 g/mol. The second-order valence-electron chi connectivity index (χ2n) is 3.29. The molecule has 1 saturated carbocycles. The molecule has 1 aliphatic rings. The summed E-state index contributed by atoms with van der Waals surface area (Å²) in [6, 6.07) is 0. The van der Waals surface area contributed by atoms with E-state index in [-0.39, 0.29) is 0 Å². The van der Waals surface area contributed by atoms with Crippen LogP contribution in [0.2, 0.25) is 0 Å². The number of hydrogen-bond acceptors (Lipinski definition) is 1. The van der Waals surface area contributed by atoms with E-state index in [1.54, 1.807) is 0 Å². The van der Waals surface area contributed by atoms with Crippen LogP contribution in [0.4, 0.5) is 0 Å². The molecule has 0 saturated heterocycles. The topological polar surface area (TPSA) is 9.23 Å². The molecule has 0 atom stereocenters. The molecular weight excluding hydrogens is 172 g/mol. The fourth-order valence-corrected chi connectivity index (χ4v) is 1.59. The van der Waals surface area contributed by atoms with E-state index < -0.39 is 0 Å². The summed E-state index contributed by atoms with van der Waals surface area (Å²) >= 11 is 0. The summed E-state index contributed by atoms with van der Waals surface area (Å²) in [5, 5.41) is 0. The molecule has 0 aliphatic heterocycles. The third kappa shape index (κ3) is 6.97. The molecule has 1 rings (SSSR count). The molecule has 1 heteroatoms. The van der Waals surface area contributed by atoms with Gasteiger partial charge in [-0.25, -0.2) is 0 Å². The lowest BCUT2D eigenvalue weighted by Crippen LogP contribution is -2.03. The first-order chi connectivity index (χ1) is 6.93. The van der Waals surface area contributed by atoms with Crippen LogP contribution in [0, 0.1) is 17.8 Å². The van der Waals surface area contributed by atoms with E-state index in [2.05, 4.69) is 11.8 Å². The van der Waals surface area contributed by atoms with Crippen molar-refractivity contribution in [2.75, 3.05) is 13.2 Å². The summed E-state index contributed by atoms with van der Waals surface area (Å²) in [6.45, 7) is 7.40. The van der Waals surface area contributed by atoms with Crippen molar-refractivity contribution >= 4 is 0 Å². The van der Waals surface area contributed by atoms with Gasteiger partial charge in [-0.05, 0) is 19.8 Å². The van der Waals surface area contributed by atoms with E-state index in [1.807, 2.05) is 20.8 Å². The van der Waals surface area contributed by atoms with E-state index in [4.69, 9.17) is 4.74 Å². The van der Waals surface area contributed by atoms with Gasteiger partial charge in [-0.15, -0.1) is 0 Å². The highest BCUT2D eigenvalue weighted by molar-refractivity contribution is 5.04. The van der Waals surface area contributed by atoms with Crippen molar-refractivity contribution in [3.8, 4) is 11.8 Å². The molecule has 0 aromatic rings. The van der Waals surface area contributed by atoms with Crippen LogP contribution in [-0.4, -0.2) is 13.2 Å². The van der Waals surface area contributed by atoms with Crippen molar-refractivity contribution in [3.05, 3.63) is 0 Å². The summed E-state index contributed by atoms with van der Waals surface area (Å²) in [6.07, 6.45) is 6.75. The van der Waals surface area contributed by atoms with E-state index in [0.29, 0.717) is 12.5 Å².